The van der Waals surface area contributed by atoms with E-state index in [-0.39, 0.29) is 0 Å². The van der Waals surface area contributed by atoms with Gasteiger partial charge in [0, 0.05) is 29.1 Å². The summed E-state index contributed by atoms with van der Waals surface area (Å²) >= 11 is 5.91. The molecular weight excluding hydrogens is 220 g/mol. The summed E-state index contributed by atoms with van der Waals surface area (Å²) in [5.74, 6) is 0. The molecule has 0 aliphatic heterocycles. The molecule has 0 amide bonds. The molecule has 0 aliphatic rings. The van der Waals surface area contributed by atoms with Gasteiger partial charge < -0.3 is 5.32 Å². The zero-order valence-electron chi connectivity index (χ0n) is 9.07. The van der Waals surface area contributed by atoms with Crippen LogP contribution in [0.25, 0.3) is 0 Å². The predicted octanol–water partition coefficient (Wildman–Crippen LogP) is 3.66. The van der Waals surface area contributed by atoms with Gasteiger partial charge in [-0.25, -0.2) is 0 Å². The van der Waals surface area contributed by atoms with Crippen molar-refractivity contribution in [3.05, 3.63) is 58.9 Å². The summed E-state index contributed by atoms with van der Waals surface area (Å²) in [4.78, 5) is 4.24. The Kier molecular flexibility index (Phi) is 3.42. The highest BCUT2D eigenvalue weighted by molar-refractivity contribution is 6.30. The molecule has 82 valence electrons. The summed E-state index contributed by atoms with van der Waals surface area (Å²) in [6.07, 6.45) is 1.80. The number of aryl methyl sites for hydroxylation is 1. The maximum atomic E-state index is 5.91. The van der Waals surface area contributed by atoms with Crippen LogP contribution in [-0.4, -0.2) is 4.98 Å². The van der Waals surface area contributed by atoms with Gasteiger partial charge in [-0.05, 0) is 36.8 Å². The minimum absolute atomic E-state index is 0.743. The van der Waals surface area contributed by atoms with Crippen molar-refractivity contribution in [2.75, 3.05) is 5.32 Å². The number of anilines is 1. The van der Waals surface area contributed by atoms with E-state index in [1.807, 2.05) is 37.3 Å². The van der Waals surface area contributed by atoms with Crippen molar-refractivity contribution in [2.24, 2.45) is 0 Å². The fourth-order valence-electron chi connectivity index (χ4n) is 1.50. The molecule has 0 atom stereocenters. The molecule has 2 nitrogen and oxygen atoms in total. The molecule has 0 fully saturated rings. The van der Waals surface area contributed by atoms with E-state index in [2.05, 4.69) is 16.4 Å². The predicted molar refractivity (Wildman–Crippen MR) is 67.8 cm³/mol. The second-order valence-electron chi connectivity index (χ2n) is 3.61. The highest BCUT2D eigenvalue weighted by atomic mass is 35.5. The van der Waals surface area contributed by atoms with Crippen molar-refractivity contribution in [3.8, 4) is 0 Å². The van der Waals surface area contributed by atoms with Crippen LogP contribution < -0.4 is 5.32 Å². The molecule has 1 heterocycles. The van der Waals surface area contributed by atoms with Crippen molar-refractivity contribution >= 4 is 17.3 Å². The van der Waals surface area contributed by atoms with Gasteiger partial charge in [0.1, 0.15) is 0 Å². The van der Waals surface area contributed by atoms with Crippen LogP contribution in [0, 0.1) is 6.92 Å². The van der Waals surface area contributed by atoms with Gasteiger partial charge in [0.15, 0.2) is 0 Å². The second kappa shape index (κ2) is 4.99. The molecule has 2 aromatic rings. The average molecular weight is 233 g/mol. The summed E-state index contributed by atoms with van der Waals surface area (Å²) < 4.78 is 0. The van der Waals surface area contributed by atoms with Crippen LogP contribution in [0.5, 0.6) is 0 Å². The van der Waals surface area contributed by atoms with E-state index >= 15 is 0 Å². The highest BCUT2D eigenvalue weighted by Crippen LogP contribution is 2.16. The van der Waals surface area contributed by atoms with E-state index in [1.54, 1.807) is 6.20 Å². The smallest absolute Gasteiger partial charge is 0.0426 e. The lowest BCUT2D eigenvalue weighted by Crippen LogP contribution is -2.01. The molecule has 1 aromatic carbocycles. The van der Waals surface area contributed by atoms with Crippen LogP contribution in [0.1, 0.15) is 11.3 Å². The van der Waals surface area contributed by atoms with E-state index in [1.165, 1.54) is 5.56 Å². The first-order valence-electron chi connectivity index (χ1n) is 5.15. The minimum atomic E-state index is 0.743. The van der Waals surface area contributed by atoms with Crippen molar-refractivity contribution < 1.29 is 0 Å². The molecule has 0 radical (unpaired) electrons. The van der Waals surface area contributed by atoms with Crippen LogP contribution in [-0.2, 0) is 6.54 Å². The molecule has 2 rings (SSSR count). The molecule has 16 heavy (non-hydrogen) atoms. The molecule has 3 heteroatoms. The van der Waals surface area contributed by atoms with Gasteiger partial charge in [-0.3, -0.25) is 4.98 Å². The number of benzene rings is 1. The molecule has 0 spiro atoms. The third-order valence-electron chi connectivity index (χ3n) is 2.42. The molecular formula is C13H13ClN2. The SMILES string of the molecule is Cc1ncccc1CNc1cccc(Cl)c1. The number of hydrogen-bond acceptors (Lipinski definition) is 2. The number of nitrogens with zero attached hydrogens (tertiary/aromatic N) is 1. The molecule has 0 saturated carbocycles. The number of rotatable bonds is 3. The second-order valence-corrected chi connectivity index (χ2v) is 4.05. The first kappa shape index (κ1) is 11.0. The Morgan fingerprint density at radius 3 is 2.88 bits per heavy atom. The highest BCUT2D eigenvalue weighted by Gasteiger charge is 1.98. The van der Waals surface area contributed by atoms with Crippen LogP contribution in [0.2, 0.25) is 5.02 Å². The Balaban J connectivity index is 2.05. The third kappa shape index (κ3) is 2.74. The summed E-state index contributed by atoms with van der Waals surface area (Å²) in [6.45, 7) is 2.77. The summed E-state index contributed by atoms with van der Waals surface area (Å²) in [5.41, 5.74) is 3.27. The Bertz CT molecular complexity index is 483. The number of nitrogens with one attached hydrogen (secondary N) is 1. The van der Waals surface area contributed by atoms with Crippen molar-refractivity contribution in [3.63, 3.8) is 0 Å². The Morgan fingerprint density at radius 1 is 1.25 bits per heavy atom. The number of halogens is 1. The van der Waals surface area contributed by atoms with E-state index < -0.39 is 0 Å². The Morgan fingerprint density at radius 2 is 2.12 bits per heavy atom. The van der Waals surface area contributed by atoms with E-state index in [0.717, 1.165) is 22.9 Å². The van der Waals surface area contributed by atoms with E-state index in [9.17, 15) is 0 Å². The summed E-state index contributed by atoms with van der Waals surface area (Å²) in [6, 6.07) is 11.7. The van der Waals surface area contributed by atoms with Gasteiger partial charge in [0.05, 0.1) is 0 Å². The first-order chi connectivity index (χ1) is 7.75. The molecule has 0 unspecified atom stereocenters. The fourth-order valence-corrected chi connectivity index (χ4v) is 1.69. The number of aromatic nitrogens is 1. The van der Waals surface area contributed by atoms with Crippen molar-refractivity contribution in [1.82, 2.24) is 4.98 Å². The maximum Gasteiger partial charge on any atom is 0.0426 e. The van der Waals surface area contributed by atoms with Crippen LogP contribution in [0.15, 0.2) is 42.6 Å². The lowest BCUT2D eigenvalue weighted by molar-refractivity contribution is 1.06. The zero-order valence-corrected chi connectivity index (χ0v) is 9.83. The third-order valence-corrected chi connectivity index (χ3v) is 2.66. The van der Waals surface area contributed by atoms with Crippen molar-refractivity contribution in [2.45, 2.75) is 13.5 Å². The Hall–Kier alpha value is -1.54. The zero-order chi connectivity index (χ0) is 11.4. The van der Waals surface area contributed by atoms with Gasteiger partial charge in [-0.2, -0.15) is 0 Å². The van der Waals surface area contributed by atoms with Gasteiger partial charge in [0.25, 0.3) is 0 Å². The molecule has 0 aliphatic carbocycles. The lowest BCUT2D eigenvalue weighted by Gasteiger charge is -2.08. The molecule has 1 aromatic heterocycles. The van der Waals surface area contributed by atoms with Gasteiger partial charge in [0.2, 0.25) is 0 Å². The summed E-state index contributed by atoms with van der Waals surface area (Å²) in [5, 5.41) is 4.06. The lowest BCUT2D eigenvalue weighted by atomic mass is 10.2. The number of pyridine rings is 1. The monoisotopic (exact) mass is 232 g/mol. The van der Waals surface area contributed by atoms with Crippen LogP contribution >= 0.6 is 11.6 Å². The topological polar surface area (TPSA) is 24.9 Å². The number of hydrogen-bond donors (Lipinski definition) is 1. The fraction of sp³-hybridized carbons (Fsp3) is 0.154. The first-order valence-corrected chi connectivity index (χ1v) is 5.53. The Labute approximate surface area is 100 Å². The van der Waals surface area contributed by atoms with Crippen molar-refractivity contribution in [1.29, 1.82) is 0 Å². The molecule has 1 N–H and O–H groups in total. The normalized spacial score (nSPS) is 10.1. The van der Waals surface area contributed by atoms with Gasteiger partial charge in [-0.15, -0.1) is 0 Å². The standard InChI is InChI=1S/C13H13ClN2/c1-10-11(4-3-7-15-10)9-16-13-6-2-5-12(14)8-13/h2-8,16H,9H2,1H3. The maximum absolute atomic E-state index is 5.91. The minimum Gasteiger partial charge on any atom is -0.381 e. The largest absolute Gasteiger partial charge is 0.381 e. The summed E-state index contributed by atoms with van der Waals surface area (Å²) in [7, 11) is 0. The quantitative estimate of drug-likeness (QED) is 0.874. The van der Waals surface area contributed by atoms with E-state index in [4.69, 9.17) is 11.6 Å². The molecule has 0 bridgehead atoms. The van der Waals surface area contributed by atoms with Crippen LogP contribution in [0.4, 0.5) is 5.69 Å². The van der Waals surface area contributed by atoms with E-state index in [0.29, 0.717) is 0 Å². The van der Waals surface area contributed by atoms with Gasteiger partial charge in [-0.1, -0.05) is 23.7 Å². The molecule has 0 saturated heterocycles. The van der Waals surface area contributed by atoms with Gasteiger partial charge >= 0.3 is 0 Å². The van der Waals surface area contributed by atoms with Crippen LogP contribution in [0.3, 0.4) is 0 Å². The average Bonchev–Trinajstić information content (AvgIpc) is 2.28.